The maximum Gasteiger partial charge on any atom is 0.133 e. The summed E-state index contributed by atoms with van der Waals surface area (Å²) in [6, 6.07) is 1.94. The van der Waals surface area contributed by atoms with Crippen molar-refractivity contribution in [2.24, 2.45) is 4.99 Å². The minimum Gasteiger partial charge on any atom is -0.368 e. The summed E-state index contributed by atoms with van der Waals surface area (Å²) in [5, 5.41) is 7.19. The Hall–Kier alpha value is -1.32. The molecule has 0 amide bonds. The molecule has 0 saturated heterocycles. The molecule has 1 aromatic heterocycles. The first-order valence-electron chi connectivity index (χ1n) is 5.04. The lowest BCUT2D eigenvalue weighted by Gasteiger charge is -2.12. The van der Waals surface area contributed by atoms with Crippen LogP contribution in [0.3, 0.4) is 0 Å². The predicted octanol–water partition coefficient (Wildman–Crippen LogP) is 1.66. The largest absolute Gasteiger partial charge is 0.368 e. The van der Waals surface area contributed by atoms with Gasteiger partial charge in [-0.15, -0.1) is 0 Å². The van der Waals surface area contributed by atoms with E-state index in [1.807, 2.05) is 13.0 Å². The average molecular weight is 193 g/mol. The van der Waals surface area contributed by atoms with Gasteiger partial charge < -0.3 is 9.84 Å². The van der Waals surface area contributed by atoms with Crippen LogP contribution in [0.2, 0.25) is 0 Å². The second-order valence-electron chi connectivity index (χ2n) is 3.57. The lowest BCUT2D eigenvalue weighted by atomic mass is 10.2. The van der Waals surface area contributed by atoms with Gasteiger partial charge in [0.25, 0.3) is 0 Å². The summed E-state index contributed by atoms with van der Waals surface area (Å²) in [4.78, 5) is 4.40. The SMILES string of the molecule is Cc1cc(CNC2=NCCCC2)no1. The molecule has 0 radical (unpaired) electrons. The molecule has 0 aromatic carbocycles. The van der Waals surface area contributed by atoms with Crippen molar-refractivity contribution in [3.05, 3.63) is 17.5 Å². The van der Waals surface area contributed by atoms with Gasteiger partial charge in [0.05, 0.1) is 12.4 Å². The normalized spacial score (nSPS) is 16.5. The van der Waals surface area contributed by atoms with E-state index in [9.17, 15) is 0 Å². The molecule has 0 aliphatic carbocycles. The van der Waals surface area contributed by atoms with Crippen molar-refractivity contribution >= 4 is 5.84 Å². The van der Waals surface area contributed by atoms with Crippen LogP contribution in [-0.4, -0.2) is 17.5 Å². The van der Waals surface area contributed by atoms with E-state index in [1.54, 1.807) is 0 Å². The number of aryl methyl sites for hydroxylation is 1. The average Bonchev–Trinajstić information content (AvgIpc) is 2.63. The number of nitrogens with one attached hydrogen (secondary N) is 1. The maximum atomic E-state index is 4.97. The van der Waals surface area contributed by atoms with Gasteiger partial charge in [-0.25, -0.2) is 0 Å². The second-order valence-corrected chi connectivity index (χ2v) is 3.57. The number of nitrogens with zero attached hydrogens (tertiary/aromatic N) is 2. The molecule has 0 fully saturated rings. The van der Waals surface area contributed by atoms with E-state index in [2.05, 4.69) is 15.5 Å². The predicted molar refractivity (Wildman–Crippen MR) is 54.2 cm³/mol. The highest BCUT2D eigenvalue weighted by molar-refractivity contribution is 5.82. The zero-order valence-electron chi connectivity index (χ0n) is 8.42. The van der Waals surface area contributed by atoms with Gasteiger partial charge in [-0.3, -0.25) is 4.99 Å². The van der Waals surface area contributed by atoms with Crippen LogP contribution in [0.15, 0.2) is 15.6 Å². The van der Waals surface area contributed by atoms with Crippen molar-refractivity contribution in [3.8, 4) is 0 Å². The fourth-order valence-electron chi connectivity index (χ4n) is 1.54. The Labute approximate surface area is 83.4 Å². The molecule has 4 nitrogen and oxygen atoms in total. The van der Waals surface area contributed by atoms with Gasteiger partial charge in [0.15, 0.2) is 0 Å². The number of hydrogen-bond donors (Lipinski definition) is 1. The third kappa shape index (κ3) is 2.34. The highest BCUT2D eigenvalue weighted by Crippen LogP contribution is 2.05. The molecular formula is C10H15N3O. The first-order chi connectivity index (χ1) is 6.84. The van der Waals surface area contributed by atoms with Gasteiger partial charge in [-0.1, -0.05) is 5.16 Å². The van der Waals surface area contributed by atoms with E-state index >= 15 is 0 Å². The Morgan fingerprint density at radius 2 is 2.43 bits per heavy atom. The summed E-state index contributed by atoms with van der Waals surface area (Å²) < 4.78 is 4.97. The maximum absolute atomic E-state index is 4.97. The molecule has 0 spiro atoms. The van der Waals surface area contributed by atoms with Gasteiger partial charge in [0, 0.05) is 19.0 Å². The van der Waals surface area contributed by atoms with Crippen LogP contribution in [0, 0.1) is 6.92 Å². The Kier molecular flexibility index (Phi) is 2.81. The number of aliphatic imine (C=N–C) groups is 1. The lowest BCUT2D eigenvalue weighted by Crippen LogP contribution is -2.25. The summed E-state index contributed by atoms with van der Waals surface area (Å²) in [6.45, 7) is 3.57. The van der Waals surface area contributed by atoms with E-state index < -0.39 is 0 Å². The second kappa shape index (κ2) is 4.26. The third-order valence-corrected chi connectivity index (χ3v) is 2.27. The molecule has 0 unspecified atom stereocenters. The molecule has 1 N–H and O–H groups in total. The number of amidine groups is 1. The number of aromatic nitrogens is 1. The standard InChI is InChI=1S/C10H15N3O/c1-8-6-9(13-14-8)7-12-10-4-2-3-5-11-10/h6H,2-5,7H2,1H3,(H,11,12). The van der Waals surface area contributed by atoms with E-state index in [1.165, 1.54) is 12.8 Å². The molecule has 14 heavy (non-hydrogen) atoms. The summed E-state index contributed by atoms with van der Waals surface area (Å²) >= 11 is 0. The molecule has 0 bridgehead atoms. The van der Waals surface area contributed by atoms with Crippen molar-refractivity contribution in [2.45, 2.75) is 32.7 Å². The zero-order valence-corrected chi connectivity index (χ0v) is 8.42. The summed E-state index contributed by atoms with van der Waals surface area (Å²) in [5.74, 6) is 1.96. The van der Waals surface area contributed by atoms with Crippen LogP contribution in [0.5, 0.6) is 0 Å². The van der Waals surface area contributed by atoms with Gasteiger partial charge in [0.1, 0.15) is 11.5 Å². The summed E-state index contributed by atoms with van der Waals surface area (Å²) in [5.41, 5.74) is 0.941. The molecule has 2 heterocycles. The van der Waals surface area contributed by atoms with Gasteiger partial charge >= 0.3 is 0 Å². The van der Waals surface area contributed by atoms with Gasteiger partial charge in [0.2, 0.25) is 0 Å². The van der Waals surface area contributed by atoms with Crippen molar-refractivity contribution in [1.82, 2.24) is 10.5 Å². The van der Waals surface area contributed by atoms with E-state index in [0.29, 0.717) is 0 Å². The first kappa shape index (κ1) is 9.24. The van der Waals surface area contributed by atoms with Crippen molar-refractivity contribution in [1.29, 1.82) is 0 Å². The van der Waals surface area contributed by atoms with E-state index in [-0.39, 0.29) is 0 Å². The van der Waals surface area contributed by atoms with Crippen molar-refractivity contribution < 1.29 is 4.52 Å². The van der Waals surface area contributed by atoms with Crippen LogP contribution in [-0.2, 0) is 6.54 Å². The molecule has 1 aliphatic heterocycles. The van der Waals surface area contributed by atoms with Crippen molar-refractivity contribution in [3.63, 3.8) is 0 Å². The quantitative estimate of drug-likeness (QED) is 0.777. The fourth-order valence-corrected chi connectivity index (χ4v) is 1.54. The highest BCUT2D eigenvalue weighted by atomic mass is 16.5. The smallest absolute Gasteiger partial charge is 0.133 e. The zero-order chi connectivity index (χ0) is 9.80. The Morgan fingerprint density at radius 1 is 1.50 bits per heavy atom. The number of hydrogen-bond acceptors (Lipinski definition) is 4. The van der Waals surface area contributed by atoms with Crippen LogP contribution < -0.4 is 5.32 Å². The third-order valence-electron chi connectivity index (χ3n) is 2.27. The lowest BCUT2D eigenvalue weighted by molar-refractivity contribution is 0.390. The topological polar surface area (TPSA) is 50.4 Å². The minimum absolute atomic E-state index is 0.718. The molecule has 4 heteroatoms. The van der Waals surface area contributed by atoms with E-state index in [4.69, 9.17) is 4.52 Å². The van der Waals surface area contributed by atoms with E-state index in [0.717, 1.165) is 36.8 Å². The van der Waals surface area contributed by atoms with Crippen molar-refractivity contribution in [2.75, 3.05) is 6.54 Å². The van der Waals surface area contributed by atoms with Crippen LogP contribution in [0.4, 0.5) is 0 Å². The molecular weight excluding hydrogens is 178 g/mol. The monoisotopic (exact) mass is 193 g/mol. The minimum atomic E-state index is 0.718. The van der Waals surface area contributed by atoms with Gasteiger partial charge in [-0.2, -0.15) is 0 Å². The van der Waals surface area contributed by atoms with Crippen LogP contribution in [0.25, 0.3) is 0 Å². The Morgan fingerprint density at radius 3 is 3.07 bits per heavy atom. The molecule has 1 aromatic rings. The molecule has 0 atom stereocenters. The Balaban J connectivity index is 1.84. The molecule has 76 valence electrons. The molecule has 0 saturated carbocycles. The fraction of sp³-hybridized carbons (Fsp3) is 0.600. The molecule has 1 aliphatic rings. The number of rotatable bonds is 2. The van der Waals surface area contributed by atoms with Crippen LogP contribution >= 0.6 is 0 Å². The summed E-state index contributed by atoms with van der Waals surface area (Å²) in [6.07, 6.45) is 3.52. The summed E-state index contributed by atoms with van der Waals surface area (Å²) in [7, 11) is 0. The highest BCUT2D eigenvalue weighted by Gasteiger charge is 2.05. The first-order valence-corrected chi connectivity index (χ1v) is 5.04. The Bertz CT molecular complexity index is 330. The van der Waals surface area contributed by atoms with Crippen LogP contribution in [0.1, 0.15) is 30.7 Å². The molecule has 2 rings (SSSR count). The van der Waals surface area contributed by atoms with Gasteiger partial charge in [-0.05, 0) is 19.8 Å².